The lowest BCUT2D eigenvalue weighted by Gasteiger charge is -2.31. The van der Waals surface area contributed by atoms with Gasteiger partial charge in [0, 0.05) is 13.3 Å². The van der Waals surface area contributed by atoms with Crippen molar-refractivity contribution in [1.82, 2.24) is 0 Å². The van der Waals surface area contributed by atoms with Crippen LogP contribution in [-0.4, -0.2) is 5.91 Å². The Morgan fingerprint density at radius 2 is 1.52 bits per heavy atom. The van der Waals surface area contributed by atoms with Crippen LogP contribution in [0.1, 0.15) is 18.1 Å². The van der Waals surface area contributed by atoms with E-state index in [0.29, 0.717) is 0 Å². The minimum absolute atomic E-state index is 0.0543. The Morgan fingerprint density at radius 1 is 0.857 bits per heavy atom. The van der Waals surface area contributed by atoms with Gasteiger partial charge in [0.05, 0.1) is 11.4 Å². The molecule has 0 saturated carbocycles. The number of carbonyl (C=O) groups excluding carboxylic acids is 1. The molecule has 0 unspecified atom stereocenters. The molecule has 2 nitrogen and oxygen atoms in total. The summed E-state index contributed by atoms with van der Waals surface area (Å²) in [7, 11) is 0. The van der Waals surface area contributed by atoms with Crippen molar-refractivity contribution in [2.45, 2.75) is 13.3 Å². The second-order valence-corrected chi connectivity index (χ2v) is 5.49. The second-order valence-electron chi connectivity index (χ2n) is 5.49. The first-order valence-corrected chi connectivity index (χ1v) is 7.14. The molecule has 0 bridgehead atoms. The summed E-state index contributed by atoms with van der Waals surface area (Å²) in [4.78, 5) is 14.0. The highest BCUT2D eigenvalue weighted by atomic mass is 16.2. The van der Waals surface area contributed by atoms with E-state index in [1.807, 2.05) is 35.2 Å². The number of benzene rings is 3. The summed E-state index contributed by atoms with van der Waals surface area (Å²) < 4.78 is 0. The van der Waals surface area contributed by atoms with Crippen LogP contribution in [0.3, 0.4) is 0 Å². The number of rotatable bonds is 0. The molecule has 1 aliphatic rings. The van der Waals surface area contributed by atoms with Crippen LogP contribution < -0.4 is 4.90 Å². The molecule has 0 aliphatic carbocycles. The van der Waals surface area contributed by atoms with Gasteiger partial charge in [0.15, 0.2) is 0 Å². The summed E-state index contributed by atoms with van der Waals surface area (Å²) >= 11 is 0. The summed E-state index contributed by atoms with van der Waals surface area (Å²) in [5, 5.41) is 2.39. The van der Waals surface area contributed by atoms with Gasteiger partial charge in [-0.2, -0.15) is 0 Å². The average Bonchev–Trinajstić information content (AvgIpc) is 2.50. The number of hydrogen-bond donors (Lipinski definition) is 0. The zero-order chi connectivity index (χ0) is 14.4. The first-order chi connectivity index (χ1) is 10.2. The number of anilines is 2. The quantitative estimate of drug-likeness (QED) is 0.593. The summed E-state index contributed by atoms with van der Waals surface area (Å²) in [6, 6.07) is 20.8. The van der Waals surface area contributed by atoms with E-state index in [1.165, 1.54) is 21.9 Å². The average molecular weight is 273 g/mol. The highest BCUT2D eigenvalue weighted by Gasteiger charge is 2.25. The maximum Gasteiger partial charge on any atom is 0.228 e. The molecule has 21 heavy (non-hydrogen) atoms. The Hall–Kier alpha value is -2.61. The van der Waals surface area contributed by atoms with Crippen molar-refractivity contribution in [3.63, 3.8) is 0 Å². The van der Waals surface area contributed by atoms with Gasteiger partial charge in [-0.05, 0) is 40.1 Å². The highest BCUT2D eigenvalue weighted by molar-refractivity contribution is 6.04. The molecule has 4 rings (SSSR count). The Kier molecular flexibility index (Phi) is 2.58. The first-order valence-electron chi connectivity index (χ1n) is 7.14. The normalized spacial score (nSPS) is 12.9. The van der Waals surface area contributed by atoms with Crippen molar-refractivity contribution in [1.29, 1.82) is 0 Å². The number of amides is 1. The number of fused-ring (bicyclic) bond motifs is 3. The molecule has 1 aliphatic heterocycles. The van der Waals surface area contributed by atoms with Gasteiger partial charge in [-0.15, -0.1) is 0 Å². The molecule has 3 aromatic carbocycles. The molecule has 0 atom stereocenters. The Bertz CT molecular complexity index is 866. The molecule has 2 heteroatoms. The lowest BCUT2D eigenvalue weighted by Crippen LogP contribution is -2.27. The van der Waals surface area contributed by atoms with Crippen LogP contribution >= 0.6 is 0 Å². The smallest absolute Gasteiger partial charge is 0.228 e. The third kappa shape index (κ3) is 1.83. The SMILES string of the molecule is CC(=O)N1c2ccccc2Cc2cc3ccccc3cc21. The van der Waals surface area contributed by atoms with E-state index < -0.39 is 0 Å². The largest absolute Gasteiger partial charge is 0.281 e. The number of carbonyl (C=O) groups is 1. The van der Waals surface area contributed by atoms with Gasteiger partial charge in [-0.3, -0.25) is 9.69 Å². The predicted molar refractivity (Wildman–Crippen MR) is 86.0 cm³/mol. The zero-order valence-electron chi connectivity index (χ0n) is 11.8. The van der Waals surface area contributed by atoms with Crippen molar-refractivity contribution < 1.29 is 4.79 Å². The van der Waals surface area contributed by atoms with Crippen LogP contribution in [0.4, 0.5) is 11.4 Å². The molecular weight excluding hydrogens is 258 g/mol. The zero-order valence-corrected chi connectivity index (χ0v) is 11.8. The van der Waals surface area contributed by atoms with Crippen LogP contribution in [0.25, 0.3) is 10.8 Å². The fourth-order valence-electron chi connectivity index (χ4n) is 3.18. The molecule has 0 N–H and O–H groups in total. The first kappa shape index (κ1) is 12.2. The molecule has 102 valence electrons. The standard InChI is InChI=1S/C19H15NO/c1-13(21)20-18-9-5-4-8-16(18)11-17-10-14-6-2-3-7-15(14)12-19(17)20/h2-10,12H,11H2,1H3. The maximum atomic E-state index is 12.2. The summed E-state index contributed by atoms with van der Waals surface area (Å²) in [5.41, 5.74) is 4.44. The highest BCUT2D eigenvalue weighted by Crippen LogP contribution is 2.40. The second kappa shape index (κ2) is 4.45. The van der Waals surface area contributed by atoms with Crippen molar-refractivity contribution in [3.8, 4) is 0 Å². The number of para-hydroxylation sites is 1. The fourth-order valence-corrected chi connectivity index (χ4v) is 3.18. The van der Waals surface area contributed by atoms with Gasteiger partial charge in [0.25, 0.3) is 0 Å². The summed E-state index contributed by atoms with van der Waals surface area (Å²) in [5.74, 6) is 0.0543. The number of hydrogen-bond acceptors (Lipinski definition) is 1. The van der Waals surface area contributed by atoms with Crippen LogP contribution in [0.15, 0.2) is 60.7 Å². The molecule has 0 aromatic heterocycles. The molecule has 1 heterocycles. The van der Waals surface area contributed by atoms with E-state index in [9.17, 15) is 4.79 Å². The van der Waals surface area contributed by atoms with Crippen molar-refractivity contribution in [2.75, 3.05) is 4.90 Å². The Morgan fingerprint density at radius 3 is 2.29 bits per heavy atom. The lowest BCUT2D eigenvalue weighted by atomic mass is 9.93. The third-order valence-electron chi connectivity index (χ3n) is 4.12. The van der Waals surface area contributed by atoms with Crippen molar-refractivity contribution in [2.24, 2.45) is 0 Å². The van der Waals surface area contributed by atoms with E-state index in [4.69, 9.17) is 0 Å². The van der Waals surface area contributed by atoms with Gasteiger partial charge in [-0.1, -0.05) is 42.5 Å². The topological polar surface area (TPSA) is 20.3 Å². The van der Waals surface area contributed by atoms with Gasteiger partial charge < -0.3 is 0 Å². The van der Waals surface area contributed by atoms with E-state index >= 15 is 0 Å². The number of nitrogens with zero attached hydrogens (tertiary/aromatic N) is 1. The van der Waals surface area contributed by atoms with Crippen molar-refractivity contribution in [3.05, 3.63) is 71.8 Å². The van der Waals surface area contributed by atoms with Crippen LogP contribution in [0.2, 0.25) is 0 Å². The third-order valence-corrected chi connectivity index (χ3v) is 4.12. The van der Waals surface area contributed by atoms with Gasteiger partial charge in [-0.25, -0.2) is 0 Å². The molecular formula is C19H15NO. The predicted octanol–water partition coefficient (Wildman–Crippen LogP) is 4.43. The fraction of sp³-hybridized carbons (Fsp3) is 0.105. The van der Waals surface area contributed by atoms with E-state index in [2.05, 4.69) is 30.3 Å². The molecule has 0 fully saturated rings. The van der Waals surface area contributed by atoms with Gasteiger partial charge in [0.2, 0.25) is 5.91 Å². The summed E-state index contributed by atoms with van der Waals surface area (Å²) in [6.07, 6.45) is 0.875. The Balaban J connectivity index is 2.01. The van der Waals surface area contributed by atoms with Gasteiger partial charge >= 0.3 is 0 Å². The van der Waals surface area contributed by atoms with Crippen LogP contribution in [0, 0.1) is 0 Å². The van der Waals surface area contributed by atoms with E-state index in [-0.39, 0.29) is 5.91 Å². The Labute approximate surface area is 123 Å². The van der Waals surface area contributed by atoms with Gasteiger partial charge in [0.1, 0.15) is 0 Å². The van der Waals surface area contributed by atoms with E-state index in [0.717, 1.165) is 17.8 Å². The maximum absolute atomic E-state index is 12.2. The molecule has 1 amide bonds. The molecule has 0 radical (unpaired) electrons. The summed E-state index contributed by atoms with van der Waals surface area (Å²) in [6.45, 7) is 1.63. The lowest BCUT2D eigenvalue weighted by molar-refractivity contribution is -0.115. The minimum atomic E-state index is 0.0543. The molecule has 0 saturated heterocycles. The van der Waals surface area contributed by atoms with Crippen LogP contribution in [0.5, 0.6) is 0 Å². The minimum Gasteiger partial charge on any atom is -0.281 e. The molecule has 0 spiro atoms. The molecule has 3 aromatic rings. The van der Waals surface area contributed by atoms with Crippen molar-refractivity contribution >= 4 is 28.1 Å². The van der Waals surface area contributed by atoms with Crippen LogP contribution in [-0.2, 0) is 11.2 Å². The van der Waals surface area contributed by atoms with E-state index in [1.54, 1.807) is 6.92 Å². The monoisotopic (exact) mass is 273 g/mol.